The van der Waals surface area contributed by atoms with Gasteiger partial charge >= 0.3 is 5.97 Å². The molecule has 0 aliphatic heterocycles. The van der Waals surface area contributed by atoms with E-state index in [9.17, 15) is 17.6 Å². The van der Waals surface area contributed by atoms with Crippen molar-refractivity contribution >= 4 is 43.4 Å². The van der Waals surface area contributed by atoms with Crippen molar-refractivity contribution in [3.63, 3.8) is 0 Å². The topological polar surface area (TPSA) is 124 Å². The molecule has 0 atom stereocenters. The average Bonchev–Trinajstić information content (AvgIpc) is 2.93. The number of ether oxygens (including phenoxy) is 1. The van der Waals surface area contributed by atoms with Gasteiger partial charge in [-0.3, -0.25) is 4.79 Å². The highest BCUT2D eigenvalue weighted by Gasteiger charge is 2.21. The van der Waals surface area contributed by atoms with Gasteiger partial charge in [0.25, 0.3) is 0 Å². The number of nitrogens with two attached hydrogens (primary N) is 1. The minimum absolute atomic E-state index is 0.242. The molecule has 11 heteroatoms. The Morgan fingerprint density at radius 3 is 2.77 bits per heavy atom. The van der Waals surface area contributed by atoms with Gasteiger partial charge in [0.1, 0.15) is 27.9 Å². The number of carbonyl (C=O) groups excluding carboxylic acids is 1. The van der Waals surface area contributed by atoms with Crippen molar-refractivity contribution < 1.29 is 22.3 Å². The zero-order valence-electron chi connectivity index (χ0n) is 16.6. The highest BCUT2D eigenvalue weighted by atomic mass is 32.2. The van der Waals surface area contributed by atoms with Crippen LogP contribution in [0.2, 0.25) is 0 Å². The summed E-state index contributed by atoms with van der Waals surface area (Å²) in [6.45, 7) is -0.898. The van der Waals surface area contributed by atoms with Crippen LogP contribution in [-0.2, 0) is 39.0 Å². The van der Waals surface area contributed by atoms with Gasteiger partial charge in [-0.2, -0.15) is 4.72 Å². The number of carbonyl (C=O) groups is 1. The fourth-order valence-corrected chi connectivity index (χ4v) is 5.90. The molecule has 1 aliphatic carbocycles. The molecule has 3 aromatic rings. The molecular formula is C20H21FN4O4S2. The predicted octanol–water partition coefficient (Wildman–Crippen LogP) is 2.70. The summed E-state index contributed by atoms with van der Waals surface area (Å²) in [5.41, 5.74) is 7.39. The standard InChI is InChI=1S/C20H21FN4O4S2/c21-13-7-4-5-9-15(13)31(27,28)23-10-17(26)29-11-16-24-19(22)18-12-6-2-1-3-8-14(12)30-20(18)25-16/h4-5,7,9,23H,1-3,6,8,10-11H2,(H2,22,24,25). The number of thiophene rings is 1. The largest absolute Gasteiger partial charge is 0.456 e. The maximum Gasteiger partial charge on any atom is 0.321 e. The van der Waals surface area contributed by atoms with Crippen LogP contribution in [0.5, 0.6) is 0 Å². The summed E-state index contributed by atoms with van der Waals surface area (Å²) in [5.74, 6) is -1.15. The third-order valence-electron chi connectivity index (χ3n) is 5.03. The van der Waals surface area contributed by atoms with E-state index in [1.54, 1.807) is 11.3 Å². The van der Waals surface area contributed by atoms with E-state index in [4.69, 9.17) is 10.5 Å². The molecule has 0 bridgehead atoms. The lowest BCUT2D eigenvalue weighted by atomic mass is 10.1. The molecular weight excluding hydrogens is 443 g/mol. The molecule has 0 radical (unpaired) electrons. The highest BCUT2D eigenvalue weighted by Crippen LogP contribution is 2.37. The minimum Gasteiger partial charge on any atom is -0.456 e. The maximum absolute atomic E-state index is 13.7. The van der Waals surface area contributed by atoms with E-state index in [0.717, 1.165) is 48.0 Å². The second-order valence-electron chi connectivity index (χ2n) is 7.19. The number of hydrogen-bond acceptors (Lipinski definition) is 8. The molecule has 0 fully saturated rings. The number of nitrogen functional groups attached to an aromatic ring is 1. The Balaban J connectivity index is 1.41. The Labute approximate surface area is 182 Å². The molecule has 31 heavy (non-hydrogen) atoms. The Morgan fingerprint density at radius 1 is 1.19 bits per heavy atom. The number of nitrogens with zero attached hydrogens (tertiary/aromatic N) is 2. The maximum atomic E-state index is 13.7. The zero-order chi connectivity index (χ0) is 22.0. The number of rotatable bonds is 6. The average molecular weight is 465 g/mol. The molecule has 0 saturated carbocycles. The Hall–Kier alpha value is -2.63. The summed E-state index contributed by atoms with van der Waals surface area (Å²) >= 11 is 1.59. The molecule has 1 aliphatic rings. The number of fused-ring (bicyclic) bond motifs is 3. The third kappa shape index (κ3) is 4.68. The fourth-order valence-electron chi connectivity index (χ4n) is 3.56. The van der Waals surface area contributed by atoms with E-state index in [1.165, 1.54) is 29.0 Å². The van der Waals surface area contributed by atoms with Crippen LogP contribution < -0.4 is 10.5 Å². The van der Waals surface area contributed by atoms with Crippen LogP contribution in [0.1, 0.15) is 35.5 Å². The zero-order valence-corrected chi connectivity index (χ0v) is 18.2. The van der Waals surface area contributed by atoms with Crippen molar-refractivity contribution in [2.75, 3.05) is 12.3 Å². The Bertz CT molecular complexity index is 1240. The van der Waals surface area contributed by atoms with Crippen molar-refractivity contribution in [2.45, 2.75) is 43.6 Å². The van der Waals surface area contributed by atoms with E-state index >= 15 is 0 Å². The SMILES string of the molecule is Nc1nc(COC(=O)CNS(=O)(=O)c2ccccc2F)nc2sc3c(c12)CCCCC3. The van der Waals surface area contributed by atoms with Gasteiger partial charge < -0.3 is 10.5 Å². The van der Waals surface area contributed by atoms with E-state index in [1.807, 2.05) is 4.72 Å². The number of benzene rings is 1. The van der Waals surface area contributed by atoms with E-state index in [0.29, 0.717) is 5.82 Å². The van der Waals surface area contributed by atoms with Gasteiger partial charge in [0.15, 0.2) is 12.4 Å². The van der Waals surface area contributed by atoms with Crippen molar-refractivity contribution in [1.29, 1.82) is 0 Å². The van der Waals surface area contributed by atoms with Gasteiger partial charge in [0, 0.05) is 4.88 Å². The molecule has 164 valence electrons. The van der Waals surface area contributed by atoms with Gasteiger partial charge in [-0.25, -0.2) is 22.8 Å². The second kappa shape index (κ2) is 8.85. The first-order valence-corrected chi connectivity index (χ1v) is 12.1. The molecule has 2 aromatic heterocycles. The first kappa shape index (κ1) is 21.6. The molecule has 4 rings (SSSR count). The van der Waals surface area contributed by atoms with Crippen molar-refractivity contribution in [3.8, 4) is 0 Å². The molecule has 0 saturated heterocycles. The molecule has 8 nitrogen and oxygen atoms in total. The van der Waals surface area contributed by atoms with Crippen LogP contribution in [0, 0.1) is 5.82 Å². The van der Waals surface area contributed by atoms with E-state index in [2.05, 4.69) is 9.97 Å². The summed E-state index contributed by atoms with van der Waals surface area (Å²) in [7, 11) is -4.18. The molecule has 0 amide bonds. The predicted molar refractivity (Wildman–Crippen MR) is 114 cm³/mol. The lowest BCUT2D eigenvalue weighted by molar-refractivity contribution is -0.143. The molecule has 2 heterocycles. The van der Waals surface area contributed by atoms with Crippen LogP contribution in [0.25, 0.3) is 10.2 Å². The number of halogens is 1. The first-order valence-electron chi connectivity index (χ1n) is 9.81. The number of hydrogen-bond donors (Lipinski definition) is 2. The number of aryl methyl sites for hydroxylation is 2. The highest BCUT2D eigenvalue weighted by molar-refractivity contribution is 7.89. The Kier molecular flexibility index (Phi) is 6.17. The smallest absolute Gasteiger partial charge is 0.321 e. The summed E-state index contributed by atoms with van der Waals surface area (Å²) in [6.07, 6.45) is 5.40. The van der Waals surface area contributed by atoms with Gasteiger partial charge in [-0.05, 0) is 43.4 Å². The summed E-state index contributed by atoms with van der Waals surface area (Å²) in [4.78, 5) is 22.2. The van der Waals surface area contributed by atoms with Crippen LogP contribution >= 0.6 is 11.3 Å². The van der Waals surface area contributed by atoms with Crippen LogP contribution in [0.3, 0.4) is 0 Å². The molecule has 3 N–H and O–H groups in total. The molecule has 1 aromatic carbocycles. The fraction of sp³-hybridized carbons (Fsp3) is 0.350. The normalized spacial score (nSPS) is 14.2. The second-order valence-corrected chi connectivity index (χ2v) is 10.0. The quantitative estimate of drug-likeness (QED) is 0.424. The van der Waals surface area contributed by atoms with E-state index in [-0.39, 0.29) is 12.4 Å². The number of aromatic nitrogens is 2. The van der Waals surface area contributed by atoms with Gasteiger partial charge in [-0.15, -0.1) is 11.3 Å². The van der Waals surface area contributed by atoms with Crippen molar-refractivity contribution in [1.82, 2.24) is 14.7 Å². The molecule has 0 spiro atoms. The number of esters is 1. The number of sulfonamides is 1. The van der Waals surface area contributed by atoms with Crippen molar-refractivity contribution in [2.24, 2.45) is 0 Å². The monoisotopic (exact) mass is 464 g/mol. The van der Waals surface area contributed by atoms with Crippen LogP contribution in [0.4, 0.5) is 10.2 Å². The van der Waals surface area contributed by atoms with Gasteiger partial charge in [0.05, 0.1) is 5.39 Å². The lowest BCUT2D eigenvalue weighted by Crippen LogP contribution is -2.31. The van der Waals surface area contributed by atoms with Gasteiger partial charge in [-0.1, -0.05) is 18.6 Å². The number of nitrogens with one attached hydrogen (secondary N) is 1. The van der Waals surface area contributed by atoms with Crippen LogP contribution in [-0.4, -0.2) is 30.9 Å². The van der Waals surface area contributed by atoms with Crippen LogP contribution in [0.15, 0.2) is 29.2 Å². The first-order chi connectivity index (χ1) is 14.8. The third-order valence-corrected chi connectivity index (χ3v) is 7.65. The summed E-state index contributed by atoms with van der Waals surface area (Å²) in [5, 5.41) is 0.884. The Morgan fingerprint density at radius 2 is 1.97 bits per heavy atom. The molecule has 0 unspecified atom stereocenters. The summed E-state index contributed by atoms with van der Waals surface area (Å²) < 4.78 is 45.1. The summed E-state index contributed by atoms with van der Waals surface area (Å²) in [6, 6.07) is 4.89. The lowest BCUT2D eigenvalue weighted by Gasteiger charge is -2.08. The van der Waals surface area contributed by atoms with Crippen molar-refractivity contribution in [3.05, 3.63) is 46.3 Å². The number of anilines is 1. The minimum atomic E-state index is -4.18. The van der Waals surface area contributed by atoms with E-state index < -0.39 is 33.3 Å². The van der Waals surface area contributed by atoms with Gasteiger partial charge in [0.2, 0.25) is 10.0 Å².